The van der Waals surface area contributed by atoms with Crippen LogP contribution in [0.1, 0.15) is 26.7 Å². The highest BCUT2D eigenvalue weighted by atomic mass is 32.2. The van der Waals surface area contributed by atoms with Gasteiger partial charge in [0.25, 0.3) is 0 Å². The predicted molar refractivity (Wildman–Crippen MR) is 94.7 cm³/mol. The van der Waals surface area contributed by atoms with Crippen molar-refractivity contribution in [3.8, 4) is 0 Å². The van der Waals surface area contributed by atoms with E-state index in [1.54, 1.807) is 0 Å². The number of hydrogen-bond donors (Lipinski definition) is 2. The van der Waals surface area contributed by atoms with Crippen LogP contribution in [0.15, 0.2) is 40.2 Å². The fourth-order valence-electron chi connectivity index (χ4n) is 2.48. The Morgan fingerprint density at radius 1 is 1.36 bits per heavy atom. The molecule has 1 aromatic rings. The normalized spacial score (nSPS) is 23.3. The number of hydrogen-bond acceptors (Lipinski definition) is 3. The molecular formula is C17H27N3OS. The Kier molecular flexibility index (Phi) is 6.58. The van der Waals surface area contributed by atoms with Gasteiger partial charge in [0.15, 0.2) is 5.96 Å². The summed E-state index contributed by atoms with van der Waals surface area (Å²) in [4.78, 5) is 5.59. The molecule has 1 aliphatic rings. The molecule has 1 aliphatic heterocycles. The van der Waals surface area contributed by atoms with E-state index < -0.39 is 0 Å². The van der Waals surface area contributed by atoms with Gasteiger partial charge in [-0.1, -0.05) is 25.1 Å². The number of aliphatic imine (C=N–C) groups is 1. The predicted octanol–water partition coefficient (Wildman–Crippen LogP) is 2.90. The summed E-state index contributed by atoms with van der Waals surface area (Å²) in [7, 11) is 1.81. The molecule has 5 heteroatoms. The zero-order chi connectivity index (χ0) is 15.8. The van der Waals surface area contributed by atoms with Crippen molar-refractivity contribution in [3.63, 3.8) is 0 Å². The first-order valence-corrected chi connectivity index (χ1v) is 8.79. The van der Waals surface area contributed by atoms with Gasteiger partial charge in [0.2, 0.25) is 0 Å². The van der Waals surface area contributed by atoms with E-state index in [2.05, 4.69) is 53.7 Å². The Balaban J connectivity index is 1.71. The van der Waals surface area contributed by atoms with Gasteiger partial charge in [0.05, 0.1) is 5.60 Å². The third-order valence-electron chi connectivity index (χ3n) is 3.79. The van der Waals surface area contributed by atoms with Crippen LogP contribution < -0.4 is 10.6 Å². The molecule has 22 heavy (non-hydrogen) atoms. The minimum Gasteiger partial charge on any atom is -0.373 e. The lowest BCUT2D eigenvalue weighted by molar-refractivity contribution is 0.0243. The first-order valence-electron chi connectivity index (χ1n) is 7.91. The van der Waals surface area contributed by atoms with Crippen molar-refractivity contribution in [1.82, 2.24) is 10.6 Å². The summed E-state index contributed by atoms with van der Waals surface area (Å²) < 4.78 is 5.79. The Bertz CT molecular complexity index is 472. The molecule has 0 aromatic heterocycles. The lowest BCUT2D eigenvalue weighted by Crippen LogP contribution is -2.46. The van der Waals surface area contributed by atoms with Crippen molar-refractivity contribution in [2.45, 2.75) is 42.4 Å². The zero-order valence-electron chi connectivity index (χ0n) is 13.8. The van der Waals surface area contributed by atoms with Gasteiger partial charge in [-0.2, -0.15) is 0 Å². The highest BCUT2D eigenvalue weighted by Crippen LogP contribution is 2.24. The molecule has 2 atom stereocenters. The van der Waals surface area contributed by atoms with Crippen LogP contribution in [0.3, 0.4) is 0 Å². The maximum atomic E-state index is 5.79. The van der Waals surface area contributed by atoms with Crippen molar-refractivity contribution in [3.05, 3.63) is 30.3 Å². The first-order chi connectivity index (χ1) is 10.6. The minimum absolute atomic E-state index is 0.0535. The van der Waals surface area contributed by atoms with E-state index in [0.29, 0.717) is 5.25 Å². The smallest absolute Gasteiger partial charge is 0.191 e. The van der Waals surface area contributed by atoms with Crippen LogP contribution in [0.4, 0.5) is 0 Å². The van der Waals surface area contributed by atoms with E-state index in [9.17, 15) is 0 Å². The van der Waals surface area contributed by atoms with Crippen molar-refractivity contribution < 1.29 is 4.74 Å². The average molecular weight is 321 g/mol. The molecule has 1 saturated heterocycles. The number of ether oxygens (including phenoxy) is 1. The standard InChI is InChI=1S/C17H27N3OS/c1-14(22-15-8-5-4-6-9-15)12-19-16(18-3)20-13-17(2)10-7-11-21-17/h4-6,8-9,14H,7,10-13H2,1-3H3,(H2,18,19,20). The Hall–Kier alpha value is -1.20. The third-order valence-corrected chi connectivity index (χ3v) is 4.90. The van der Waals surface area contributed by atoms with Crippen molar-refractivity contribution in [1.29, 1.82) is 0 Å². The van der Waals surface area contributed by atoms with Gasteiger partial charge in [-0.05, 0) is 31.9 Å². The van der Waals surface area contributed by atoms with Crippen LogP contribution in [-0.2, 0) is 4.74 Å². The number of guanidine groups is 1. The summed E-state index contributed by atoms with van der Waals surface area (Å²) in [6, 6.07) is 10.5. The molecule has 0 spiro atoms. The number of benzene rings is 1. The van der Waals surface area contributed by atoms with Crippen LogP contribution in [0.25, 0.3) is 0 Å². The second-order valence-corrected chi connectivity index (χ2v) is 7.46. The second-order valence-electron chi connectivity index (χ2n) is 5.95. The fourth-order valence-corrected chi connectivity index (χ4v) is 3.43. The number of thioether (sulfide) groups is 1. The van der Waals surface area contributed by atoms with E-state index in [-0.39, 0.29) is 5.60 Å². The molecule has 0 saturated carbocycles. The van der Waals surface area contributed by atoms with Gasteiger partial charge in [0, 0.05) is 36.9 Å². The first kappa shape index (κ1) is 17.2. The quantitative estimate of drug-likeness (QED) is 0.480. The maximum Gasteiger partial charge on any atom is 0.191 e. The molecule has 2 rings (SSSR count). The van der Waals surface area contributed by atoms with E-state index in [0.717, 1.165) is 38.5 Å². The van der Waals surface area contributed by atoms with Gasteiger partial charge in [-0.25, -0.2) is 0 Å². The lowest BCUT2D eigenvalue weighted by atomic mass is 10.0. The van der Waals surface area contributed by atoms with Crippen molar-refractivity contribution in [2.24, 2.45) is 4.99 Å². The fraction of sp³-hybridized carbons (Fsp3) is 0.588. The molecule has 0 amide bonds. The Labute approximate surface area is 138 Å². The summed E-state index contributed by atoms with van der Waals surface area (Å²) in [5.74, 6) is 0.845. The van der Waals surface area contributed by atoms with Crippen molar-refractivity contribution in [2.75, 3.05) is 26.7 Å². The summed E-state index contributed by atoms with van der Waals surface area (Å²) in [5.41, 5.74) is -0.0535. The summed E-state index contributed by atoms with van der Waals surface area (Å²) in [5, 5.41) is 7.24. The average Bonchev–Trinajstić information content (AvgIpc) is 2.95. The maximum absolute atomic E-state index is 5.79. The highest BCUT2D eigenvalue weighted by molar-refractivity contribution is 8.00. The molecule has 4 nitrogen and oxygen atoms in total. The molecule has 1 heterocycles. The zero-order valence-corrected chi connectivity index (χ0v) is 14.6. The van der Waals surface area contributed by atoms with E-state index in [1.165, 1.54) is 4.90 Å². The number of rotatable bonds is 6. The van der Waals surface area contributed by atoms with Crippen LogP contribution >= 0.6 is 11.8 Å². The minimum atomic E-state index is -0.0535. The van der Waals surface area contributed by atoms with Crippen LogP contribution in [0.2, 0.25) is 0 Å². The monoisotopic (exact) mass is 321 g/mol. The largest absolute Gasteiger partial charge is 0.373 e. The molecule has 122 valence electrons. The summed E-state index contributed by atoms with van der Waals surface area (Å²) >= 11 is 1.87. The van der Waals surface area contributed by atoms with Gasteiger partial charge < -0.3 is 15.4 Å². The number of nitrogens with zero attached hydrogens (tertiary/aromatic N) is 1. The number of nitrogens with one attached hydrogen (secondary N) is 2. The molecule has 0 bridgehead atoms. The van der Waals surface area contributed by atoms with Crippen molar-refractivity contribution >= 4 is 17.7 Å². The van der Waals surface area contributed by atoms with E-state index in [4.69, 9.17) is 4.74 Å². The molecule has 1 aromatic carbocycles. The Morgan fingerprint density at radius 2 is 2.14 bits per heavy atom. The second kappa shape index (κ2) is 8.44. The molecule has 2 N–H and O–H groups in total. The van der Waals surface area contributed by atoms with Crippen LogP contribution in [-0.4, -0.2) is 43.6 Å². The van der Waals surface area contributed by atoms with Crippen LogP contribution in [0, 0.1) is 0 Å². The Morgan fingerprint density at radius 3 is 2.77 bits per heavy atom. The highest BCUT2D eigenvalue weighted by Gasteiger charge is 2.29. The molecular weight excluding hydrogens is 294 g/mol. The molecule has 2 unspecified atom stereocenters. The van der Waals surface area contributed by atoms with Gasteiger partial charge in [-0.3, -0.25) is 4.99 Å². The van der Waals surface area contributed by atoms with Gasteiger partial charge in [-0.15, -0.1) is 11.8 Å². The third kappa shape index (κ3) is 5.54. The van der Waals surface area contributed by atoms with E-state index >= 15 is 0 Å². The van der Waals surface area contributed by atoms with E-state index in [1.807, 2.05) is 24.9 Å². The summed E-state index contributed by atoms with van der Waals surface area (Å²) in [6.45, 7) is 6.92. The molecule has 1 fully saturated rings. The van der Waals surface area contributed by atoms with Gasteiger partial charge in [0.1, 0.15) is 0 Å². The topological polar surface area (TPSA) is 45.7 Å². The summed E-state index contributed by atoms with van der Waals surface area (Å²) in [6.07, 6.45) is 2.26. The van der Waals surface area contributed by atoms with Gasteiger partial charge >= 0.3 is 0 Å². The van der Waals surface area contributed by atoms with Crippen LogP contribution in [0.5, 0.6) is 0 Å². The lowest BCUT2D eigenvalue weighted by Gasteiger charge is -2.25. The molecule has 0 radical (unpaired) electrons. The SMILES string of the molecule is CN=C(NCC(C)Sc1ccccc1)NCC1(C)CCCO1. The molecule has 0 aliphatic carbocycles.